The standard InChI is InChI=1S/C11H8ClFN2O2.ClH/c12-6-1-2-7-8(9(6)13)11(17-5-15-7)3-4-14-10(11)16;/h1-2,5H,3-4H2,(H,14,16);1H/t11-;/m0./s1. The van der Waals surface area contributed by atoms with E-state index in [0.29, 0.717) is 18.7 Å². The van der Waals surface area contributed by atoms with Crippen molar-refractivity contribution in [3.05, 3.63) is 28.5 Å². The van der Waals surface area contributed by atoms with Gasteiger partial charge in [-0.3, -0.25) is 4.79 Å². The summed E-state index contributed by atoms with van der Waals surface area (Å²) in [7, 11) is 0. The molecule has 0 radical (unpaired) electrons. The van der Waals surface area contributed by atoms with Crippen molar-refractivity contribution in [1.82, 2.24) is 5.32 Å². The van der Waals surface area contributed by atoms with Crippen molar-refractivity contribution < 1.29 is 13.9 Å². The Hall–Kier alpha value is -1.33. The number of amides is 1. The summed E-state index contributed by atoms with van der Waals surface area (Å²) >= 11 is 5.74. The molecule has 1 spiro atoms. The highest BCUT2D eigenvalue weighted by Gasteiger charge is 2.50. The van der Waals surface area contributed by atoms with Crippen LogP contribution in [0.4, 0.5) is 10.1 Å². The highest BCUT2D eigenvalue weighted by atomic mass is 35.5. The van der Waals surface area contributed by atoms with Crippen LogP contribution in [-0.4, -0.2) is 18.9 Å². The Labute approximate surface area is 114 Å². The fourth-order valence-electron chi connectivity index (χ4n) is 2.22. The van der Waals surface area contributed by atoms with E-state index in [-0.39, 0.29) is 28.9 Å². The molecule has 1 fully saturated rings. The molecule has 1 aromatic carbocycles. The first-order valence-corrected chi connectivity index (χ1v) is 5.50. The summed E-state index contributed by atoms with van der Waals surface area (Å²) in [5, 5.41) is 2.59. The van der Waals surface area contributed by atoms with Crippen LogP contribution < -0.4 is 5.32 Å². The van der Waals surface area contributed by atoms with Gasteiger partial charge in [0, 0.05) is 13.0 Å². The number of benzene rings is 1. The van der Waals surface area contributed by atoms with Gasteiger partial charge in [0.05, 0.1) is 16.3 Å². The molecule has 18 heavy (non-hydrogen) atoms. The summed E-state index contributed by atoms with van der Waals surface area (Å²) in [5.41, 5.74) is -0.802. The van der Waals surface area contributed by atoms with Gasteiger partial charge in [-0.05, 0) is 12.1 Å². The Kier molecular flexibility index (Phi) is 3.21. The molecule has 2 aliphatic heterocycles. The van der Waals surface area contributed by atoms with Gasteiger partial charge in [0.1, 0.15) is 0 Å². The van der Waals surface area contributed by atoms with Crippen LogP contribution in [-0.2, 0) is 15.1 Å². The van der Waals surface area contributed by atoms with Crippen LogP contribution in [0, 0.1) is 5.82 Å². The number of fused-ring (bicyclic) bond motifs is 2. The van der Waals surface area contributed by atoms with Gasteiger partial charge in [0.2, 0.25) is 5.60 Å². The normalized spacial score (nSPS) is 24.2. The first-order chi connectivity index (χ1) is 8.15. The van der Waals surface area contributed by atoms with Crippen LogP contribution in [0.15, 0.2) is 17.1 Å². The largest absolute Gasteiger partial charge is 0.462 e. The van der Waals surface area contributed by atoms with E-state index in [9.17, 15) is 9.18 Å². The monoisotopic (exact) mass is 290 g/mol. The molecule has 3 rings (SSSR count). The number of ether oxygens (including phenoxy) is 1. The molecule has 1 saturated heterocycles. The average molecular weight is 291 g/mol. The lowest BCUT2D eigenvalue weighted by molar-refractivity contribution is -0.134. The highest BCUT2D eigenvalue weighted by molar-refractivity contribution is 6.31. The van der Waals surface area contributed by atoms with E-state index in [1.807, 2.05) is 0 Å². The second-order valence-corrected chi connectivity index (χ2v) is 4.35. The fraction of sp³-hybridized carbons (Fsp3) is 0.273. The molecule has 1 N–H and O–H groups in total. The lowest BCUT2D eigenvalue weighted by Gasteiger charge is -2.30. The van der Waals surface area contributed by atoms with Gasteiger partial charge in [-0.15, -0.1) is 12.4 Å². The maximum atomic E-state index is 14.1. The van der Waals surface area contributed by atoms with Gasteiger partial charge in [0.25, 0.3) is 5.91 Å². The zero-order valence-corrected chi connectivity index (χ0v) is 10.6. The Morgan fingerprint density at radius 3 is 2.94 bits per heavy atom. The third-order valence-electron chi connectivity index (χ3n) is 3.05. The van der Waals surface area contributed by atoms with E-state index in [0.717, 1.165) is 0 Å². The second-order valence-electron chi connectivity index (χ2n) is 3.94. The summed E-state index contributed by atoms with van der Waals surface area (Å²) in [6.45, 7) is 0.443. The predicted octanol–water partition coefficient (Wildman–Crippen LogP) is 2.31. The summed E-state index contributed by atoms with van der Waals surface area (Å²) in [4.78, 5) is 15.8. The van der Waals surface area contributed by atoms with E-state index in [1.165, 1.54) is 12.5 Å². The molecule has 0 aromatic heterocycles. The van der Waals surface area contributed by atoms with Crippen molar-refractivity contribution >= 4 is 42.0 Å². The Morgan fingerprint density at radius 2 is 2.28 bits per heavy atom. The topological polar surface area (TPSA) is 50.7 Å². The van der Waals surface area contributed by atoms with Crippen molar-refractivity contribution in [3.63, 3.8) is 0 Å². The molecular weight excluding hydrogens is 282 g/mol. The average Bonchev–Trinajstić information content (AvgIpc) is 2.67. The minimum Gasteiger partial charge on any atom is -0.462 e. The molecule has 1 amide bonds. The third kappa shape index (κ3) is 1.58. The third-order valence-corrected chi connectivity index (χ3v) is 3.34. The SMILES string of the molecule is Cl.O=C1NCC[C@@]12OC=Nc1ccc(Cl)c(F)c12. The number of halogens is 3. The molecule has 1 aromatic rings. The number of nitrogens with zero attached hydrogens (tertiary/aromatic N) is 1. The maximum Gasteiger partial charge on any atom is 0.269 e. The Morgan fingerprint density at radius 1 is 1.50 bits per heavy atom. The van der Waals surface area contributed by atoms with Gasteiger partial charge in [-0.25, -0.2) is 9.38 Å². The van der Waals surface area contributed by atoms with E-state index in [2.05, 4.69) is 10.3 Å². The van der Waals surface area contributed by atoms with Crippen LogP contribution in [0.3, 0.4) is 0 Å². The second kappa shape index (κ2) is 4.40. The smallest absolute Gasteiger partial charge is 0.269 e. The maximum absolute atomic E-state index is 14.1. The minimum absolute atomic E-state index is 0. The van der Waals surface area contributed by atoms with Crippen LogP contribution in [0.1, 0.15) is 12.0 Å². The lowest BCUT2D eigenvalue weighted by Crippen LogP contribution is -2.40. The van der Waals surface area contributed by atoms with Crippen LogP contribution in [0.2, 0.25) is 5.02 Å². The molecule has 4 nitrogen and oxygen atoms in total. The van der Waals surface area contributed by atoms with Crippen molar-refractivity contribution in [1.29, 1.82) is 0 Å². The summed E-state index contributed by atoms with van der Waals surface area (Å²) in [6, 6.07) is 2.99. The Bertz CT molecular complexity index is 550. The van der Waals surface area contributed by atoms with E-state index < -0.39 is 11.4 Å². The van der Waals surface area contributed by atoms with Crippen LogP contribution >= 0.6 is 24.0 Å². The Balaban J connectivity index is 0.00000120. The van der Waals surface area contributed by atoms with Crippen molar-refractivity contribution in [2.24, 2.45) is 4.99 Å². The summed E-state index contributed by atoms with van der Waals surface area (Å²) < 4.78 is 19.4. The molecule has 1 atom stereocenters. The molecule has 96 valence electrons. The number of hydrogen-bond acceptors (Lipinski definition) is 3. The molecule has 0 bridgehead atoms. The quantitative estimate of drug-likeness (QED) is 0.797. The highest BCUT2D eigenvalue weighted by Crippen LogP contribution is 2.43. The van der Waals surface area contributed by atoms with Crippen molar-refractivity contribution in [2.75, 3.05) is 6.54 Å². The zero-order valence-electron chi connectivity index (χ0n) is 9.07. The van der Waals surface area contributed by atoms with E-state index >= 15 is 0 Å². The van der Waals surface area contributed by atoms with Crippen LogP contribution in [0.5, 0.6) is 0 Å². The van der Waals surface area contributed by atoms with Gasteiger partial charge in [-0.1, -0.05) is 11.6 Å². The van der Waals surface area contributed by atoms with E-state index in [4.69, 9.17) is 16.3 Å². The number of hydrogen-bond donors (Lipinski definition) is 1. The molecule has 0 saturated carbocycles. The lowest BCUT2D eigenvalue weighted by atomic mass is 9.89. The minimum atomic E-state index is -1.31. The van der Waals surface area contributed by atoms with Crippen molar-refractivity contribution in [2.45, 2.75) is 12.0 Å². The van der Waals surface area contributed by atoms with Gasteiger partial charge < -0.3 is 10.1 Å². The molecule has 0 unspecified atom stereocenters. The first kappa shape index (κ1) is 13.1. The van der Waals surface area contributed by atoms with Crippen LogP contribution in [0.25, 0.3) is 0 Å². The van der Waals surface area contributed by atoms with Gasteiger partial charge >= 0.3 is 0 Å². The number of rotatable bonds is 0. The van der Waals surface area contributed by atoms with Crippen molar-refractivity contribution in [3.8, 4) is 0 Å². The zero-order chi connectivity index (χ0) is 12.0. The fourth-order valence-corrected chi connectivity index (χ4v) is 2.38. The first-order valence-electron chi connectivity index (χ1n) is 5.12. The number of aliphatic imine (C=N–C) groups is 1. The number of nitrogens with one attached hydrogen (secondary N) is 1. The number of carbonyl (C=O) groups excluding carboxylic acids is 1. The molecule has 2 heterocycles. The van der Waals surface area contributed by atoms with E-state index in [1.54, 1.807) is 6.07 Å². The molecule has 2 aliphatic rings. The molecule has 7 heteroatoms. The predicted molar refractivity (Wildman–Crippen MR) is 67.2 cm³/mol. The number of carbonyl (C=O) groups is 1. The molecular formula is C11H9Cl2FN2O2. The van der Waals surface area contributed by atoms with Gasteiger partial charge in [0.15, 0.2) is 12.2 Å². The summed E-state index contributed by atoms with van der Waals surface area (Å²) in [5.74, 6) is -0.996. The van der Waals surface area contributed by atoms with Gasteiger partial charge in [-0.2, -0.15) is 0 Å². The summed E-state index contributed by atoms with van der Waals surface area (Å²) in [6.07, 6.45) is 1.54. The molecule has 0 aliphatic carbocycles.